The van der Waals surface area contributed by atoms with Crippen LogP contribution < -0.4 is 5.73 Å². The quantitative estimate of drug-likeness (QED) is 0.340. The maximum atomic E-state index is 11.7. The number of esters is 1. The average molecular weight is 405 g/mol. The normalized spacial score (nSPS) is 11.9. The van der Waals surface area contributed by atoms with E-state index in [9.17, 15) is 9.90 Å². The first-order valence-corrected chi connectivity index (χ1v) is 5.74. The van der Waals surface area contributed by atoms with Crippen LogP contribution in [0.15, 0.2) is 5.70 Å². The van der Waals surface area contributed by atoms with Gasteiger partial charge in [-0.25, -0.2) is 4.85 Å². The second-order valence-electron chi connectivity index (χ2n) is 4.33. The van der Waals surface area contributed by atoms with Crippen molar-refractivity contribution in [1.82, 2.24) is 4.98 Å². The number of thiazole rings is 1. The van der Waals surface area contributed by atoms with Gasteiger partial charge in [0.25, 0.3) is 5.70 Å². The van der Waals surface area contributed by atoms with Crippen LogP contribution >= 0.6 is 11.3 Å². The molecular formula is C11H12LaN3O3S-. The number of hydrogen-bond donors (Lipinski definition) is 2. The molecule has 1 heterocycles. The van der Waals surface area contributed by atoms with Gasteiger partial charge in [-0.3, -0.25) is 16.1 Å². The Morgan fingerprint density at radius 3 is 2.53 bits per heavy atom. The number of hydrogen-bond acceptors (Lipinski definition) is 6. The molecule has 0 aliphatic rings. The van der Waals surface area contributed by atoms with Crippen molar-refractivity contribution in [3.63, 3.8) is 0 Å². The summed E-state index contributed by atoms with van der Waals surface area (Å²) >= 11 is 0.917. The zero-order valence-electron chi connectivity index (χ0n) is 10.7. The summed E-state index contributed by atoms with van der Waals surface area (Å²) in [7, 11) is 0. The van der Waals surface area contributed by atoms with Crippen molar-refractivity contribution in [3.8, 4) is 0 Å². The summed E-state index contributed by atoms with van der Waals surface area (Å²) in [6.45, 7) is 11.9. The largest absolute Gasteiger partial charge is 0.531 e. The van der Waals surface area contributed by atoms with Crippen molar-refractivity contribution in [1.29, 1.82) is 0 Å². The first-order chi connectivity index (χ1) is 8.26. The molecule has 0 saturated heterocycles. The van der Waals surface area contributed by atoms with Crippen LogP contribution in [0.5, 0.6) is 0 Å². The number of nitrogens with two attached hydrogens (primary N) is 1. The fourth-order valence-corrected chi connectivity index (χ4v) is 1.60. The Labute approximate surface area is 143 Å². The molecule has 19 heavy (non-hydrogen) atoms. The number of ether oxygens (including phenoxy) is 1. The molecule has 1 rings (SSSR count). The maximum Gasteiger partial charge on any atom is 0.339 e. The van der Waals surface area contributed by atoms with Gasteiger partial charge in [-0.05, 0) is 32.1 Å². The monoisotopic (exact) mass is 405 g/mol. The van der Waals surface area contributed by atoms with Crippen molar-refractivity contribution in [2.75, 3.05) is 5.73 Å². The fraction of sp³-hybridized carbons (Fsp3) is 0.364. The Morgan fingerprint density at radius 2 is 2.16 bits per heavy atom. The molecule has 0 unspecified atom stereocenters. The summed E-state index contributed by atoms with van der Waals surface area (Å²) in [5, 5.41) is 9.85. The molecule has 99 valence electrons. The SMILES string of the molecule is [C-]#[N+]/C(C(=O)OC(C)(C)C)=C(/O)c1s[c-]nc1N.[La]. The smallest absolute Gasteiger partial charge is 0.339 e. The van der Waals surface area contributed by atoms with E-state index in [-0.39, 0.29) is 46.3 Å². The van der Waals surface area contributed by atoms with Crippen molar-refractivity contribution >= 4 is 28.9 Å². The maximum absolute atomic E-state index is 11.7. The zero-order valence-corrected chi connectivity index (χ0v) is 15.2. The topological polar surface area (TPSA) is 89.8 Å². The Hall–Kier alpha value is -0.875. The summed E-state index contributed by atoms with van der Waals surface area (Å²) in [6.07, 6.45) is 0. The molecule has 8 heteroatoms. The van der Waals surface area contributed by atoms with Crippen LogP contribution in [0.3, 0.4) is 0 Å². The van der Waals surface area contributed by atoms with E-state index in [2.05, 4.69) is 15.3 Å². The Morgan fingerprint density at radius 1 is 1.58 bits per heavy atom. The minimum atomic E-state index is -0.900. The molecule has 0 bridgehead atoms. The number of nitrogen functional groups attached to an aromatic ring is 1. The summed E-state index contributed by atoms with van der Waals surface area (Å²) in [6, 6.07) is 0. The molecule has 6 nitrogen and oxygen atoms in total. The number of nitrogens with zero attached hydrogens (tertiary/aromatic N) is 2. The van der Waals surface area contributed by atoms with Gasteiger partial charge in [0.2, 0.25) is 0 Å². The van der Waals surface area contributed by atoms with Gasteiger partial charge >= 0.3 is 5.97 Å². The molecule has 0 aliphatic heterocycles. The van der Waals surface area contributed by atoms with E-state index >= 15 is 0 Å². The van der Waals surface area contributed by atoms with Gasteiger partial charge < -0.3 is 20.6 Å². The minimum Gasteiger partial charge on any atom is -0.531 e. The van der Waals surface area contributed by atoms with Gasteiger partial charge in [0, 0.05) is 35.6 Å². The van der Waals surface area contributed by atoms with Gasteiger partial charge in [0.05, 0.1) is 12.3 Å². The van der Waals surface area contributed by atoms with E-state index in [1.54, 1.807) is 20.8 Å². The molecule has 0 spiro atoms. The van der Waals surface area contributed by atoms with E-state index in [1.807, 2.05) is 0 Å². The first kappa shape index (κ1) is 18.1. The van der Waals surface area contributed by atoms with Gasteiger partial charge in [-0.2, -0.15) is 0 Å². The molecule has 1 aromatic rings. The molecule has 0 atom stereocenters. The first-order valence-electron chi connectivity index (χ1n) is 4.93. The standard InChI is InChI=1S/C11H12N3O3S.La/c1-11(2,3)17-10(16)6(13-4)7(15)8-9(12)14-5-18-8;/h15H,12H2,1-3H3;/q-1;/b7-6+;. The Kier molecular flexibility index (Phi) is 6.73. The van der Waals surface area contributed by atoms with Gasteiger partial charge in [0.15, 0.2) is 0 Å². The number of anilines is 1. The summed E-state index contributed by atoms with van der Waals surface area (Å²) < 4.78 is 5.01. The van der Waals surface area contributed by atoms with E-state index in [4.69, 9.17) is 17.0 Å². The molecule has 3 N–H and O–H groups in total. The molecule has 1 aromatic heterocycles. The second kappa shape index (κ2) is 7.05. The van der Waals surface area contributed by atoms with Gasteiger partial charge in [-0.1, -0.05) is 4.88 Å². The molecule has 0 aromatic carbocycles. The van der Waals surface area contributed by atoms with Crippen LogP contribution in [0.2, 0.25) is 0 Å². The molecule has 0 fully saturated rings. The molecule has 0 saturated carbocycles. The Balaban J connectivity index is 0.00000324. The minimum absolute atomic E-state index is 0. The van der Waals surface area contributed by atoms with Crippen LogP contribution in [0, 0.1) is 47.7 Å². The second-order valence-corrected chi connectivity index (χ2v) is 5.13. The van der Waals surface area contributed by atoms with Crippen molar-refractivity contribution in [3.05, 3.63) is 27.5 Å². The predicted molar refractivity (Wildman–Crippen MR) is 67.4 cm³/mol. The molecule has 0 aliphatic carbocycles. The van der Waals surface area contributed by atoms with Crippen molar-refractivity contribution in [2.45, 2.75) is 26.4 Å². The van der Waals surface area contributed by atoms with E-state index < -0.39 is 23.0 Å². The van der Waals surface area contributed by atoms with E-state index in [0.717, 1.165) is 11.3 Å². The van der Waals surface area contributed by atoms with Crippen LogP contribution in [0.25, 0.3) is 10.6 Å². The zero-order chi connectivity index (χ0) is 13.9. The van der Waals surface area contributed by atoms with Crippen LogP contribution in [0.4, 0.5) is 5.82 Å². The van der Waals surface area contributed by atoms with Crippen molar-refractivity contribution < 1.29 is 50.2 Å². The third-order valence-electron chi connectivity index (χ3n) is 1.69. The number of aromatic nitrogens is 1. The summed E-state index contributed by atoms with van der Waals surface area (Å²) in [4.78, 5) is 18.4. The van der Waals surface area contributed by atoms with E-state index in [1.165, 1.54) is 0 Å². The number of aliphatic hydroxyl groups is 1. The average Bonchev–Trinajstić information content (AvgIpc) is 2.62. The number of aliphatic hydroxyl groups excluding tert-OH is 1. The third kappa shape index (κ3) is 4.95. The Bertz CT molecular complexity index is 540. The summed E-state index contributed by atoms with van der Waals surface area (Å²) in [5.74, 6) is -1.42. The van der Waals surface area contributed by atoms with Crippen molar-refractivity contribution in [2.24, 2.45) is 0 Å². The van der Waals surface area contributed by atoms with Crippen LogP contribution in [-0.4, -0.2) is 21.7 Å². The molecular weight excluding hydrogens is 393 g/mol. The van der Waals surface area contributed by atoms with Gasteiger partial charge in [-0.15, -0.1) is 0 Å². The van der Waals surface area contributed by atoms with E-state index in [0.29, 0.717) is 0 Å². The van der Waals surface area contributed by atoms with Crippen LogP contribution in [0.1, 0.15) is 25.6 Å². The number of carbonyl (C=O) groups excluding carboxylic acids is 1. The number of rotatable bonds is 2. The van der Waals surface area contributed by atoms with Crippen LogP contribution in [-0.2, 0) is 9.53 Å². The molecule has 0 amide bonds. The number of carbonyl (C=O) groups is 1. The third-order valence-corrected chi connectivity index (χ3v) is 2.48. The predicted octanol–water partition coefficient (Wildman–Crippen LogP) is 2.01. The fourth-order valence-electron chi connectivity index (χ4n) is 1.02. The molecule has 1 radical (unpaired) electrons. The van der Waals surface area contributed by atoms with Gasteiger partial charge in [0.1, 0.15) is 5.60 Å². The summed E-state index contributed by atoms with van der Waals surface area (Å²) in [5.41, 5.74) is 6.67.